The number of carbonyl (C=O) groups excluding carboxylic acids is 1. The second-order valence-corrected chi connectivity index (χ2v) is 9.48. The van der Waals surface area contributed by atoms with Crippen LogP contribution < -0.4 is 11.2 Å². The maximum absolute atomic E-state index is 13.1. The minimum Gasteiger partial charge on any atom is -0.464 e. The number of esters is 1. The number of nitro groups is 1. The molecule has 0 aliphatic rings. The molecule has 0 atom stereocenters. The van der Waals surface area contributed by atoms with Gasteiger partial charge >= 0.3 is 11.7 Å². The molecule has 0 unspecified atom stereocenters. The van der Waals surface area contributed by atoms with Gasteiger partial charge in [0.15, 0.2) is 0 Å². The van der Waals surface area contributed by atoms with E-state index in [1.165, 1.54) is 12.1 Å². The van der Waals surface area contributed by atoms with Gasteiger partial charge in [-0.15, -0.1) is 0 Å². The number of hydrogen-bond donors (Lipinski definition) is 1. The van der Waals surface area contributed by atoms with Gasteiger partial charge in [0.2, 0.25) is 10.0 Å². The third kappa shape index (κ3) is 6.08. The molecule has 0 bridgehead atoms. The molecule has 0 radical (unpaired) electrons. The van der Waals surface area contributed by atoms with E-state index in [2.05, 4.69) is 0 Å². The van der Waals surface area contributed by atoms with Gasteiger partial charge in [-0.25, -0.2) is 13.2 Å². The fourth-order valence-corrected chi connectivity index (χ4v) is 3.77. The molecule has 13 heteroatoms. The van der Waals surface area contributed by atoms with Crippen LogP contribution in [0.2, 0.25) is 0 Å². The molecule has 0 saturated carbocycles. The highest BCUT2D eigenvalue weighted by Gasteiger charge is 2.28. The van der Waals surface area contributed by atoms with Crippen LogP contribution in [0.5, 0.6) is 0 Å². The van der Waals surface area contributed by atoms with Crippen molar-refractivity contribution < 1.29 is 22.9 Å². The third-order valence-corrected chi connectivity index (χ3v) is 5.89. The SMILES string of the molecule is CC(C)(C)C(=O)OCCN(Cn1ccc(=O)[nH]c1=O)S(=O)(=O)c1cccc([N+](=O)[O-])c1. The Labute approximate surface area is 177 Å². The molecule has 0 saturated heterocycles. The molecule has 168 valence electrons. The van der Waals surface area contributed by atoms with Crippen molar-refractivity contribution in [1.82, 2.24) is 13.9 Å². The number of non-ortho nitro benzene ring substituents is 1. The Balaban J connectivity index is 2.38. The highest BCUT2D eigenvalue weighted by atomic mass is 32.2. The fraction of sp³-hybridized carbons (Fsp3) is 0.389. The quantitative estimate of drug-likeness (QED) is 0.346. The largest absolute Gasteiger partial charge is 0.464 e. The van der Waals surface area contributed by atoms with Gasteiger partial charge in [0.25, 0.3) is 11.2 Å². The first kappa shape index (κ1) is 24.0. The lowest BCUT2D eigenvalue weighted by molar-refractivity contribution is -0.385. The van der Waals surface area contributed by atoms with Crippen molar-refractivity contribution in [1.29, 1.82) is 0 Å². The molecule has 0 amide bonds. The predicted molar refractivity (Wildman–Crippen MR) is 109 cm³/mol. The minimum absolute atomic E-state index is 0.317. The highest BCUT2D eigenvalue weighted by Crippen LogP contribution is 2.21. The maximum atomic E-state index is 13.1. The lowest BCUT2D eigenvalue weighted by Gasteiger charge is -2.24. The molecule has 0 spiro atoms. The van der Waals surface area contributed by atoms with E-state index >= 15 is 0 Å². The fourth-order valence-electron chi connectivity index (χ4n) is 2.36. The number of ether oxygens (including phenoxy) is 1. The van der Waals surface area contributed by atoms with Crippen LogP contribution in [0, 0.1) is 15.5 Å². The summed E-state index contributed by atoms with van der Waals surface area (Å²) in [6.07, 6.45) is 1.11. The molecule has 0 aliphatic heterocycles. The normalized spacial score (nSPS) is 12.0. The number of hydrogen-bond acceptors (Lipinski definition) is 8. The molecule has 1 N–H and O–H groups in total. The van der Waals surface area contributed by atoms with Crippen LogP contribution in [0.4, 0.5) is 5.69 Å². The monoisotopic (exact) mass is 454 g/mol. The lowest BCUT2D eigenvalue weighted by Crippen LogP contribution is -2.41. The summed E-state index contributed by atoms with van der Waals surface area (Å²) < 4.78 is 33.1. The van der Waals surface area contributed by atoms with E-state index in [1.54, 1.807) is 20.8 Å². The van der Waals surface area contributed by atoms with E-state index in [1.807, 2.05) is 4.98 Å². The van der Waals surface area contributed by atoms with E-state index in [4.69, 9.17) is 4.74 Å². The molecule has 12 nitrogen and oxygen atoms in total. The lowest BCUT2D eigenvalue weighted by atomic mass is 9.97. The van der Waals surface area contributed by atoms with Crippen LogP contribution in [0.1, 0.15) is 20.8 Å². The Morgan fingerprint density at radius 1 is 1.26 bits per heavy atom. The Bertz CT molecular complexity index is 1190. The standard InChI is InChI=1S/C18H22N4O8S/c1-18(2,3)16(24)30-10-9-21(12-20-8-7-15(23)19-17(20)25)31(28,29)14-6-4-5-13(11-14)22(26)27/h4-8,11H,9-10,12H2,1-3H3,(H,19,23,25). The summed E-state index contributed by atoms with van der Waals surface area (Å²) in [4.78, 5) is 47.2. The summed E-state index contributed by atoms with van der Waals surface area (Å²) in [5.74, 6) is -0.554. The van der Waals surface area contributed by atoms with Crippen LogP contribution in [0.15, 0.2) is 51.0 Å². The van der Waals surface area contributed by atoms with Crippen molar-refractivity contribution in [3.63, 3.8) is 0 Å². The third-order valence-electron chi connectivity index (χ3n) is 4.06. The Morgan fingerprint density at radius 2 is 1.94 bits per heavy atom. The molecule has 31 heavy (non-hydrogen) atoms. The van der Waals surface area contributed by atoms with Crippen LogP contribution in [-0.2, 0) is 26.2 Å². The van der Waals surface area contributed by atoms with Gasteiger partial charge in [-0.05, 0) is 26.8 Å². The number of nitrogens with one attached hydrogen (secondary N) is 1. The predicted octanol–water partition coefficient (Wildman–Crippen LogP) is 0.683. The van der Waals surface area contributed by atoms with Crippen molar-refractivity contribution >= 4 is 21.7 Å². The Morgan fingerprint density at radius 3 is 2.52 bits per heavy atom. The van der Waals surface area contributed by atoms with Crippen molar-refractivity contribution in [3.05, 3.63) is 67.5 Å². The Kier molecular flexibility index (Phi) is 7.13. The highest BCUT2D eigenvalue weighted by molar-refractivity contribution is 7.89. The van der Waals surface area contributed by atoms with Crippen molar-refractivity contribution in [2.45, 2.75) is 32.3 Å². The molecule has 0 fully saturated rings. The topological polar surface area (TPSA) is 162 Å². The van der Waals surface area contributed by atoms with Gasteiger partial charge in [0.1, 0.15) is 6.61 Å². The zero-order valence-corrected chi connectivity index (χ0v) is 17.9. The number of H-pyrrole nitrogens is 1. The van der Waals surface area contributed by atoms with E-state index in [-0.39, 0.29) is 18.0 Å². The first-order chi connectivity index (χ1) is 14.3. The second kappa shape index (κ2) is 9.22. The van der Waals surface area contributed by atoms with Crippen LogP contribution >= 0.6 is 0 Å². The summed E-state index contributed by atoms with van der Waals surface area (Å²) in [5.41, 5.74) is -2.74. The van der Waals surface area contributed by atoms with Crippen molar-refractivity contribution in [2.75, 3.05) is 13.2 Å². The molecule has 1 heterocycles. The van der Waals surface area contributed by atoms with Gasteiger partial charge in [0, 0.05) is 24.4 Å². The first-order valence-corrected chi connectivity index (χ1v) is 10.5. The first-order valence-electron chi connectivity index (χ1n) is 9.04. The van der Waals surface area contributed by atoms with Crippen molar-refractivity contribution in [2.24, 2.45) is 5.41 Å². The van der Waals surface area contributed by atoms with Gasteiger partial charge in [-0.1, -0.05) is 6.07 Å². The molecule has 0 aliphatic carbocycles. The Hall–Kier alpha value is -3.32. The summed E-state index contributed by atoms with van der Waals surface area (Å²) >= 11 is 0. The van der Waals surface area contributed by atoms with Gasteiger partial charge < -0.3 is 4.74 Å². The van der Waals surface area contributed by atoms with Crippen molar-refractivity contribution in [3.8, 4) is 0 Å². The van der Waals surface area contributed by atoms with E-state index in [9.17, 15) is 32.9 Å². The van der Waals surface area contributed by atoms with Gasteiger partial charge in [-0.3, -0.25) is 29.3 Å². The second-order valence-electron chi connectivity index (χ2n) is 7.54. The summed E-state index contributed by atoms with van der Waals surface area (Å²) in [7, 11) is -4.33. The molecular weight excluding hydrogens is 432 g/mol. The van der Waals surface area contributed by atoms with Crippen LogP contribution in [0.25, 0.3) is 0 Å². The zero-order chi connectivity index (χ0) is 23.4. The molecule has 1 aromatic heterocycles. The number of sulfonamides is 1. The zero-order valence-electron chi connectivity index (χ0n) is 17.1. The molecular formula is C18H22N4O8S. The summed E-state index contributed by atoms with van der Waals surface area (Å²) in [5, 5.41) is 11.0. The number of nitrogens with zero attached hydrogens (tertiary/aromatic N) is 3. The van der Waals surface area contributed by atoms with Crippen LogP contribution in [-0.4, -0.2) is 46.3 Å². The van der Waals surface area contributed by atoms with E-state index in [0.717, 1.165) is 33.3 Å². The van der Waals surface area contributed by atoms with Crippen LogP contribution in [0.3, 0.4) is 0 Å². The molecule has 1 aromatic carbocycles. The molecule has 2 aromatic rings. The number of aromatic nitrogens is 2. The van der Waals surface area contributed by atoms with Gasteiger partial charge in [0.05, 0.1) is 28.4 Å². The number of nitro benzene ring substituents is 1. The summed E-state index contributed by atoms with van der Waals surface area (Å²) in [6, 6.07) is 5.46. The minimum atomic E-state index is -4.33. The summed E-state index contributed by atoms with van der Waals surface area (Å²) in [6.45, 7) is 3.72. The van der Waals surface area contributed by atoms with Gasteiger partial charge in [-0.2, -0.15) is 4.31 Å². The average molecular weight is 454 g/mol. The van der Waals surface area contributed by atoms with E-state index < -0.39 is 49.9 Å². The maximum Gasteiger partial charge on any atom is 0.329 e. The molecule has 2 rings (SSSR count). The van der Waals surface area contributed by atoms with E-state index in [0.29, 0.717) is 0 Å². The number of rotatable bonds is 8. The number of benzene rings is 1. The average Bonchev–Trinajstić information content (AvgIpc) is 2.68. The number of carbonyl (C=O) groups is 1. The smallest absolute Gasteiger partial charge is 0.329 e. The number of aromatic amines is 1.